The van der Waals surface area contributed by atoms with Gasteiger partial charge in [-0.2, -0.15) is 0 Å². The van der Waals surface area contributed by atoms with Gasteiger partial charge in [-0.1, -0.05) is 13.0 Å². The Balaban J connectivity index is 1.92. The molecule has 0 spiro atoms. The van der Waals surface area contributed by atoms with Crippen LogP contribution in [0.3, 0.4) is 0 Å². The lowest BCUT2D eigenvalue weighted by atomic mass is 10.1. The number of nitrogens with one attached hydrogen (secondary N) is 2. The molecule has 1 aliphatic heterocycles. The molecule has 2 N–H and O–H groups in total. The summed E-state index contributed by atoms with van der Waals surface area (Å²) < 4.78 is 13.9. The highest BCUT2D eigenvalue weighted by Gasteiger charge is 2.15. The lowest BCUT2D eigenvalue weighted by molar-refractivity contribution is 0.0950. The Hall–Kier alpha value is -1.62. The van der Waals surface area contributed by atoms with Gasteiger partial charge in [0.25, 0.3) is 5.91 Å². The Morgan fingerprint density at radius 1 is 1.29 bits per heavy atom. The predicted octanol–water partition coefficient (Wildman–Crippen LogP) is 2.47. The summed E-state index contributed by atoms with van der Waals surface area (Å²) >= 11 is 0. The summed E-state index contributed by atoms with van der Waals surface area (Å²) in [6, 6.07) is 4.60. The van der Waals surface area contributed by atoms with Gasteiger partial charge < -0.3 is 15.5 Å². The van der Waals surface area contributed by atoms with Crippen molar-refractivity contribution in [1.29, 1.82) is 0 Å². The van der Waals surface area contributed by atoms with Crippen molar-refractivity contribution in [3.63, 3.8) is 0 Å². The molecule has 1 saturated heterocycles. The van der Waals surface area contributed by atoms with E-state index in [1.54, 1.807) is 12.1 Å². The van der Waals surface area contributed by atoms with E-state index in [9.17, 15) is 9.18 Å². The molecule has 0 atom stereocenters. The van der Waals surface area contributed by atoms with Gasteiger partial charge in [-0.05, 0) is 44.5 Å². The van der Waals surface area contributed by atoms with E-state index >= 15 is 0 Å². The molecule has 1 aliphatic rings. The van der Waals surface area contributed by atoms with Crippen LogP contribution in [0.2, 0.25) is 0 Å². The van der Waals surface area contributed by atoms with E-state index in [4.69, 9.17) is 0 Å². The van der Waals surface area contributed by atoms with E-state index in [1.165, 1.54) is 18.9 Å². The fraction of sp³-hybridized carbons (Fsp3) is 0.562. The molecular formula is C16H24FN3O. The molecule has 1 aromatic carbocycles. The number of para-hydroxylation sites is 1. The largest absolute Gasteiger partial charge is 0.382 e. The number of rotatable bonds is 7. The SMILES string of the molecule is CCCNc1c(F)cccc1C(=O)NCCN1CCCC1. The standard InChI is InChI=1S/C16H24FN3O/c1-2-8-18-15-13(6-5-7-14(15)17)16(21)19-9-12-20-10-3-4-11-20/h5-7,18H,2-4,8-12H2,1H3,(H,19,21). The van der Waals surface area contributed by atoms with Gasteiger partial charge in [0, 0.05) is 19.6 Å². The maximum atomic E-state index is 13.9. The molecule has 0 radical (unpaired) electrons. The second-order valence-corrected chi connectivity index (χ2v) is 5.39. The Morgan fingerprint density at radius 3 is 2.76 bits per heavy atom. The van der Waals surface area contributed by atoms with Crippen LogP contribution in [-0.4, -0.2) is 43.5 Å². The number of carbonyl (C=O) groups is 1. The molecule has 116 valence electrons. The Kier molecular flexibility index (Phi) is 5.99. The second kappa shape index (κ2) is 7.98. The number of hydrogen-bond acceptors (Lipinski definition) is 3. The lowest BCUT2D eigenvalue weighted by Crippen LogP contribution is -2.33. The van der Waals surface area contributed by atoms with Crippen molar-refractivity contribution in [1.82, 2.24) is 10.2 Å². The number of amides is 1. The third-order valence-electron chi connectivity index (χ3n) is 3.72. The molecule has 0 bridgehead atoms. The highest BCUT2D eigenvalue weighted by atomic mass is 19.1. The van der Waals surface area contributed by atoms with E-state index in [1.807, 2.05) is 6.92 Å². The van der Waals surface area contributed by atoms with E-state index in [2.05, 4.69) is 15.5 Å². The van der Waals surface area contributed by atoms with Gasteiger partial charge in [0.2, 0.25) is 0 Å². The molecule has 21 heavy (non-hydrogen) atoms. The third kappa shape index (κ3) is 4.43. The first-order valence-corrected chi connectivity index (χ1v) is 7.75. The smallest absolute Gasteiger partial charge is 0.253 e. The topological polar surface area (TPSA) is 44.4 Å². The minimum Gasteiger partial charge on any atom is -0.382 e. The average molecular weight is 293 g/mol. The van der Waals surface area contributed by atoms with Gasteiger partial charge in [0.05, 0.1) is 11.3 Å². The van der Waals surface area contributed by atoms with Gasteiger partial charge >= 0.3 is 0 Å². The monoisotopic (exact) mass is 293 g/mol. The average Bonchev–Trinajstić information content (AvgIpc) is 2.99. The first-order valence-electron chi connectivity index (χ1n) is 7.75. The molecule has 5 heteroatoms. The number of anilines is 1. The van der Waals surface area contributed by atoms with Crippen LogP contribution in [0.1, 0.15) is 36.5 Å². The quantitative estimate of drug-likeness (QED) is 0.812. The number of hydrogen-bond donors (Lipinski definition) is 2. The summed E-state index contributed by atoms with van der Waals surface area (Å²) in [4.78, 5) is 14.6. The van der Waals surface area contributed by atoms with Crippen LogP contribution >= 0.6 is 0 Å². The van der Waals surface area contributed by atoms with Crippen LogP contribution in [0.4, 0.5) is 10.1 Å². The number of nitrogens with zero attached hydrogens (tertiary/aromatic N) is 1. The van der Waals surface area contributed by atoms with Crippen molar-refractivity contribution >= 4 is 11.6 Å². The molecule has 4 nitrogen and oxygen atoms in total. The molecule has 0 aliphatic carbocycles. The molecule has 1 heterocycles. The molecular weight excluding hydrogens is 269 g/mol. The van der Waals surface area contributed by atoms with E-state index in [0.717, 1.165) is 26.1 Å². The molecule has 1 amide bonds. The van der Waals surface area contributed by atoms with Crippen LogP contribution < -0.4 is 10.6 Å². The fourth-order valence-electron chi connectivity index (χ4n) is 2.57. The van der Waals surface area contributed by atoms with Gasteiger partial charge in [-0.15, -0.1) is 0 Å². The second-order valence-electron chi connectivity index (χ2n) is 5.39. The normalized spacial score (nSPS) is 15.1. The van der Waals surface area contributed by atoms with Crippen molar-refractivity contribution in [2.24, 2.45) is 0 Å². The summed E-state index contributed by atoms with van der Waals surface area (Å²) in [6.07, 6.45) is 3.36. The van der Waals surface area contributed by atoms with Crippen molar-refractivity contribution in [2.45, 2.75) is 26.2 Å². The first kappa shape index (κ1) is 15.8. The molecule has 1 fully saturated rings. The van der Waals surface area contributed by atoms with Crippen molar-refractivity contribution in [3.8, 4) is 0 Å². The summed E-state index contributed by atoms with van der Waals surface area (Å²) in [5, 5.41) is 5.88. The van der Waals surface area contributed by atoms with E-state index in [0.29, 0.717) is 24.3 Å². The summed E-state index contributed by atoms with van der Waals surface area (Å²) in [5.74, 6) is -0.594. The lowest BCUT2D eigenvalue weighted by Gasteiger charge is -2.16. The van der Waals surface area contributed by atoms with Crippen LogP contribution in [0, 0.1) is 5.82 Å². The Labute approximate surface area is 125 Å². The Morgan fingerprint density at radius 2 is 2.05 bits per heavy atom. The van der Waals surface area contributed by atoms with Gasteiger partial charge in [-0.3, -0.25) is 4.79 Å². The predicted molar refractivity (Wildman–Crippen MR) is 83.2 cm³/mol. The summed E-state index contributed by atoms with van der Waals surface area (Å²) in [6.45, 7) is 6.33. The minimum atomic E-state index is -0.379. The molecule has 2 rings (SSSR count). The van der Waals surface area contributed by atoms with Crippen LogP contribution in [0.5, 0.6) is 0 Å². The number of halogens is 1. The minimum absolute atomic E-state index is 0.215. The number of benzene rings is 1. The maximum absolute atomic E-state index is 13.9. The zero-order chi connectivity index (χ0) is 15.1. The molecule has 0 saturated carbocycles. The molecule has 0 unspecified atom stereocenters. The summed E-state index contributed by atoms with van der Waals surface area (Å²) in [5.41, 5.74) is 0.683. The third-order valence-corrected chi connectivity index (χ3v) is 3.72. The number of likely N-dealkylation sites (tertiary alicyclic amines) is 1. The molecule has 1 aromatic rings. The fourth-order valence-corrected chi connectivity index (χ4v) is 2.57. The van der Waals surface area contributed by atoms with E-state index < -0.39 is 0 Å². The molecule has 0 aromatic heterocycles. The highest BCUT2D eigenvalue weighted by Crippen LogP contribution is 2.19. The number of carbonyl (C=O) groups excluding carboxylic acids is 1. The van der Waals surface area contributed by atoms with Crippen molar-refractivity contribution in [3.05, 3.63) is 29.6 Å². The summed E-state index contributed by atoms with van der Waals surface area (Å²) in [7, 11) is 0. The van der Waals surface area contributed by atoms with Gasteiger partial charge in [-0.25, -0.2) is 4.39 Å². The Bertz CT molecular complexity index is 473. The first-order chi connectivity index (χ1) is 10.2. The van der Waals surface area contributed by atoms with Crippen molar-refractivity contribution < 1.29 is 9.18 Å². The van der Waals surface area contributed by atoms with Gasteiger partial charge in [0.15, 0.2) is 0 Å². The zero-order valence-electron chi connectivity index (χ0n) is 12.6. The highest BCUT2D eigenvalue weighted by molar-refractivity contribution is 5.99. The van der Waals surface area contributed by atoms with Gasteiger partial charge in [0.1, 0.15) is 5.82 Å². The zero-order valence-corrected chi connectivity index (χ0v) is 12.6. The van der Waals surface area contributed by atoms with E-state index in [-0.39, 0.29) is 11.7 Å². The maximum Gasteiger partial charge on any atom is 0.253 e. The van der Waals surface area contributed by atoms with Crippen LogP contribution in [-0.2, 0) is 0 Å². The van der Waals surface area contributed by atoms with Crippen LogP contribution in [0.25, 0.3) is 0 Å². The van der Waals surface area contributed by atoms with Crippen molar-refractivity contribution in [2.75, 3.05) is 38.0 Å². The van der Waals surface area contributed by atoms with Crippen LogP contribution in [0.15, 0.2) is 18.2 Å².